The molecular weight excluding hydrogens is 328 g/mol. The Labute approximate surface area is 142 Å². The third kappa shape index (κ3) is 3.51. The quantitative estimate of drug-likeness (QED) is 0.776. The number of hydrogen-bond acceptors (Lipinski definition) is 5. The van der Waals surface area contributed by atoms with Gasteiger partial charge in [0.2, 0.25) is 0 Å². The maximum Gasteiger partial charge on any atom is 0.443 e. The number of nitrogens with zero attached hydrogens (tertiary/aromatic N) is 2. The lowest BCUT2D eigenvalue weighted by atomic mass is 10.3. The summed E-state index contributed by atoms with van der Waals surface area (Å²) in [6.45, 7) is 3.59. The van der Waals surface area contributed by atoms with Crippen LogP contribution in [0.3, 0.4) is 0 Å². The summed E-state index contributed by atoms with van der Waals surface area (Å²) in [6.07, 6.45) is -0.976. The van der Waals surface area contributed by atoms with Gasteiger partial charge in [-0.05, 0) is 38.1 Å². The van der Waals surface area contributed by atoms with Crippen LogP contribution in [-0.4, -0.2) is 32.1 Å². The monoisotopic (exact) mass is 348 g/mol. The molecule has 0 radical (unpaired) electrons. The van der Waals surface area contributed by atoms with Gasteiger partial charge in [0.25, 0.3) is 10.0 Å². The number of rotatable bonds is 5. The number of carbonyl (C=O) groups is 1. The number of anilines is 1. The van der Waals surface area contributed by atoms with Gasteiger partial charge in [-0.1, -0.05) is 36.4 Å². The zero-order valence-electron chi connectivity index (χ0n) is 13.8. The minimum absolute atomic E-state index is 0.0111. The highest BCUT2D eigenvalue weighted by Crippen LogP contribution is 2.26. The van der Waals surface area contributed by atoms with Gasteiger partial charge in [-0.25, -0.2) is 4.79 Å². The summed E-state index contributed by atoms with van der Waals surface area (Å²) in [4.78, 5) is 12.3. The van der Waals surface area contributed by atoms with Crippen molar-refractivity contribution in [1.82, 2.24) is 4.41 Å². The molecule has 0 spiro atoms. The number of amides is 1. The van der Waals surface area contributed by atoms with Gasteiger partial charge < -0.3 is 4.74 Å². The van der Waals surface area contributed by atoms with E-state index in [1.165, 1.54) is 17.1 Å². The summed E-state index contributed by atoms with van der Waals surface area (Å²) in [5.41, 5.74) is 0.567. The Morgan fingerprint density at radius 3 is 1.92 bits per heavy atom. The van der Waals surface area contributed by atoms with E-state index in [0.717, 1.165) is 7.11 Å². The van der Waals surface area contributed by atoms with Crippen molar-refractivity contribution in [3.05, 3.63) is 60.7 Å². The van der Waals surface area contributed by atoms with E-state index in [2.05, 4.69) is 0 Å². The Hall–Kier alpha value is -2.54. The fourth-order valence-corrected chi connectivity index (χ4v) is 3.75. The zero-order chi connectivity index (χ0) is 17.7. The lowest BCUT2D eigenvalue weighted by molar-refractivity contribution is 0.144. The molecule has 1 amide bonds. The summed E-state index contributed by atoms with van der Waals surface area (Å²) >= 11 is 0. The van der Waals surface area contributed by atoms with Gasteiger partial charge in [0, 0.05) is 6.04 Å². The fraction of sp³-hybridized carbons (Fsp3) is 0.235. The van der Waals surface area contributed by atoms with E-state index in [-0.39, 0.29) is 10.9 Å². The topological polar surface area (TPSA) is 66.9 Å². The summed E-state index contributed by atoms with van der Waals surface area (Å²) < 4.78 is 31.5. The van der Waals surface area contributed by atoms with Crippen molar-refractivity contribution < 1.29 is 17.9 Å². The molecule has 6 nitrogen and oxygen atoms in total. The number of sulfonamides is 1. The molecule has 7 heteroatoms. The molecule has 0 aromatic heterocycles. The van der Waals surface area contributed by atoms with Crippen molar-refractivity contribution in [1.29, 1.82) is 0 Å². The zero-order valence-corrected chi connectivity index (χ0v) is 14.6. The number of hydrogen-bond donors (Lipinski definition) is 0. The average Bonchev–Trinajstić information content (AvgIpc) is 2.60. The lowest BCUT2D eigenvalue weighted by Gasteiger charge is -2.37. The minimum atomic E-state index is -4.12. The summed E-state index contributed by atoms with van der Waals surface area (Å²) in [7, 11) is -2.97. The largest absolute Gasteiger partial charge is 0.451 e. The first-order valence-corrected chi connectivity index (χ1v) is 8.86. The van der Waals surface area contributed by atoms with E-state index in [9.17, 15) is 13.2 Å². The molecule has 24 heavy (non-hydrogen) atoms. The van der Waals surface area contributed by atoms with E-state index in [1.54, 1.807) is 56.3 Å². The van der Waals surface area contributed by atoms with Crippen molar-refractivity contribution >= 4 is 21.8 Å². The second-order valence-electron chi connectivity index (χ2n) is 5.30. The molecule has 0 aliphatic rings. The Morgan fingerprint density at radius 1 is 0.958 bits per heavy atom. The lowest BCUT2D eigenvalue weighted by Crippen LogP contribution is -2.53. The summed E-state index contributed by atoms with van der Waals surface area (Å²) in [6, 6.07) is 16.3. The van der Waals surface area contributed by atoms with Crippen molar-refractivity contribution in [3.63, 3.8) is 0 Å². The second-order valence-corrected chi connectivity index (χ2v) is 7.07. The van der Waals surface area contributed by atoms with Gasteiger partial charge in [0.1, 0.15) is 0 Å². The molecule has 0 bridgehead atoms. The molecule has 0 fully saturated rings. The van der Waals surface area contributed by atoms with Crippen LogP contribution in [0, 0.1) is 0 Å². The van der Waals surface area contributed by atoms with E-state index < -0.39 is 16.1 Å². The molecule has 128 valence electrons. The molecular formula is C17H20N2O4S. The molecule has 0 heterocycles. The van der Waals surface area contributed by atoms with E-state index in [4.69, 9.17) is 4.74 Å². The Morgan fingerprint density at radius 2 is 1.46 bits per heavy atom. The number of carbonyl (C=O) groups excluding carboxylic acids is 1. The maximum absolute atomic E-state index is 13.0. The summed E-state index contributed by atoms with van der Waals surface area (Å²) in [5.74, 6) is 0. The van der Waals surface area contributed by atoms with Gasteiger partial charge in [-0.3, -0.25) is 5.01 Å². The predicted octanol–water partition coefficient (Wildman–Crippen LogP) is 3.27. The smallest absolute Gasteiger partial charge is 0.443 e. The minimum Gasteiger partial charge on any atom is -0.451 e. The third-order valence-corrected chi connectivity index (χ3v) is 4.95. The summed E-state index contributed by atoms with van der Waals surface area (Å²) in [5, 5.41) is 1.40. The second kappa shape index (κ2) is 7.35. The molecule has 0 saturated carbocycles. The maximum atomic E-state index is 13.0. The predicted molar refractivity (Wildman–Crippen MR) is 91.9 cm³/mol. The normalized spacial score (nSPS) is 11.2. The number of benzene rings is 2. The van der Waals surface area contributed by atoms with Gasteiger partial charge in [-0.15, -0.1) is 4.41 Å². The van der Waals surface area contributed by atoms with Crippen molar-refractivity contribution in [2.45, 2.75) is 24.8 Å². The SMILES string of the molecule is COC(=O)N(N(c1ccccc1)C(C)C)S(=O)(=O)c1ccccc1. The van der Waals surface area contributed by atoms with Crippen LogP contribution in [0.4, 0.5) is 10.5 Å². The highest BCUT2D eigenvalue weighted by Gasteiger charge is 2.37. The first kappa shape index (κ1) is 17.8. The van der Waals surface area contributed by atoms with Gasteiger partial charge in [0.15, 0.2) is 0 Å². The number of methoxy groups -OCH3 is 1. The van der Waals surface area contributed by atoms with Crippen molar-refractivity contribution in [2.24, 2.45) is 0 Å². The molecule has 0 atom stereocenters. The molecule has 2 aromatic rings. The number of hydrazine groups is 1. The fourth-order valence-electron chi connectivity index (χ4n) is 2.27. The van der Waals surface area contributed by atoms with Crippen LogP contribution in [0.1, 0.15) is 13.8 Å². The van der Waals surface area contributed by atoms with Crippen LogP contribution < -0.4 is 5.01 Å². The van der Waals surface area contributed by atoms with E-state index >= 15 is 0 Å². The Bertz CT molecular complexity index is 777. The number of para-hydroxylation sites is 1. The van der Waals surface area contributed by atoms with Gasteiger partial charge in [0.05, 0.1) is 17.7 Å². The first-order chi connectivity index (χ1) is 11.4. The van der Waals surface area contributed by atoms with Crippen LogP contribution in [0.25, 0.3) is 0 Å². The Kier molecular flexibility index (Phi) is 5.46. The molecule has 0 aliphatic heterocycles. The van der Waals surface area contributed by atoms with E-state index in [1.807, 2.05) is 6.07 Å². The average molecular weight is 348 g/mol. The van der Waals surface area contributed by atoms with Crippen LogP contribution in [0.5, 0.6) is 0 Å². The molecule has 2 rings (SSSR count). The first-order valence-electron chi connectivity index (χ1n) is 7.42. The number of ether oxygens (including phenoxy) is 1. The van der Waals surface area contributed by atoms with Crippen LogP contribution in [0.2, 0.25) is 0 Å². The standard InChI is InChI=1S/C17H20N2O4S/c1-14(2)18(15-10-6-4-7-11-15)19(17(20)23-3)24(21,22)16-12-8-5-9-13-16/h4-14H,1-3H3. The van der Waals surface area contributed by atoms with Crippen LogP contribution >= 0.6 is 0 Å². The van der Waals surface area contributed by atoms with E-state index in [0.29, 0.717) is 10.1 Å². The van der Waals surface area contributed by atoms with Crippen LogP contribution in [0.15, 0.2) is 65.6 Å². The van der Waals surface area contributed by atoms with Crippen LogP contribution in [-0.2, 0) is 14.8 Å². The highest BCUT2D eigenvalue weighted by atomic mass is 32.2. The van der Waals surface area contributed by atoms with Gasteiger partial charge >= 0.3 is 6.09 Å². The third-order valence-electron chi connectivity index (χ3n) is 3.31. The van der Waals surface area contributed by atoms with Crippen molar-refractivity contribution in [3.8, 4) is 0 Å². The molecule has 0 saturated heterocycles. The molecule has 0 N–H and O–H groups in total. The van der Waals surface area contributed by atoms with Crippen molar-refractivity contribution in [2.75, 3.05) is 12.1 Å². The molecule has 2 aromatic carbocycles. The Balaban J connectivity index is 2.61. The highest BCUT2D eigenvalue weighted by molar-refractivity contribution is 7.89. The molecule has 0 unspecified atom stereocenters. The van der Waals surface area contributed by atoms with Gasteiger partial charge in [-0.2, -0.15) is 8.42 Å². The molecule has 0 aliphatic carbocycles.